The van der Waals surface area contributed by atoms with Crippen molar-refractivity contribution >= 4 is 18.3 Å². The van der Waals surface area contributed by atoms with Crippen molar-refractivity contribution < 1.29 is 9.53 Å². The zero-order valence-corrected chi connectivity index (χ0v) is 19.8. The Hall–Kier alpha value is -2.05. The third-order valence-electron chi connectivity index (χ3n) is 4.97. The highest BCUT2D eigenvalue weighted by Crippen LogP contribution is 2.24. The van der Waals surface area contributed by atoms with Crippen molar-refractivity contribution in [1.29, 1.82) is 0 Å². The summed E-state index contributed by atoms with van der Waals surface area (Å²) < 4.78 is 5.38. The summed E-state index contributed by atoms with van der Waals surface area (Å²) in [7, 11) is 0. The van der Waals surface area contributed by atoms with Crippen LogP contribution in [-0.2, 0) is 4.74 Å². The number of hydrogen-bond donors (Lipinski definition) is 3. The number of allylic oxidation sites excluding steroid dienone is 1. The Bertz CT molecular complexity index is 578. The maximum atomic E-state index is 12.3. The quantitative estimate of drug-likeness (QED) is 0.288. The zero-order chi connectivity index (χ0) is 22.8. The van der Waals surface area contributed by atoms with Crippen molar-refractivity contribution in [2.75, 3.05) is 0 Å². The van der Waals surface area contributed by atoms with E-state index in [0.29, 0.717) is 5.84 Å². The Balaban J connectivity index is 5.65. The lowest BCUT2D eigenvalue weighted by Crippen LogP contribution is -2.50. The first-order valence-electron chi connectivity index (χ1n) is 10.6. The highest BCUT2D eigenvalue weighted by molar-refractivity contribution is 5.89. The maximum absolute atomic E-state index is 12.3. The predicted molar refractivity (Wildman–Crippen MR) is 123 cm³/mol. The van der Waals surface area contributed by atoms with E-state index in [0.717, 1.165) is 6.42 Å². The number of rotatable bonds is 10. The monoisotopic (exact) mass is 409 g/mol. The molecule has 0 aromatic carbocycles. The van der Waals surface area contributed by atoms with Crippen molar-refractivity contribution in [2.24, 2.45) is 39.2 Å². The molecule has 0 heterocycles. The van der Waals surface area contributed by atoms with E-state index >= 15 is 0 Å². The van der Waals surface area contributed by atoms with Gasteiger partial charge in [-0.1, -0.05) is 46.8 Å². The van der Waals surface area contributed by atoms with Gasteiger partial charge in [0.15, 0.2) is 0 Å². The van der Waals surface area contributed by atoms with Gasteiger partial charge in [0.2, 0.25) is 0 Å². The minimum atomic E-state index is -0.576. The number of nitrogens with zero attached hydrogens (tertiary/aromatic N) is 2. The van der Waals surface area contributed by atoms with Crippen LogP contribution in [0.5, 0.6) is 0 Å². The van der Waals surface area contributed by atoms with Crippen molar-refractivity contribution in [3.05, 3.63) is 12.2 Å². The molecule has 0 radical (unpaired) electrons. The van der Waals surface area contributed by atoms with Crippen LogP contribution >= 0.6 is 0 Å². The van der Waals surface area contributed by atoms with Gasteiger partial charge in [-0.3, -0.25) is 9.98 Å². The summed E-state index contributed by atoms with van der Waals surface area (Å²) in [5, 5.41) is 2.86. The molecule has 7 nitrogen and oxygen atoms in total. The number of amidine groups is 1. The first-order valence-corrected chi connectivity index (χ1v) is 10.6. The van der Waals surface area contributed by atoms with E-state index in [1.807, 2.05) is 41.5 Å². The topological polar surface area (TPSA) is 115 Å². The molecule has 0 aliphatic rings. The Morgan fingerprint density at radius 3 is 2.17 bits per heavy atom. The lowest BCUT2D eigenvalue weighted by molar-refractivity contribution is 0.0508. The molecule has 168 valence electrons. The zero-order valence-electron chi connectivity index (χ0n) is 19.8. The Labute approximate surface area is 177 Å². The molecule has 29 heavy (non-hydrogen) atoms. The molecule has 0 fully saturated rings. The van der Waals surface area contributed by atoms with Gasteiger partial charge in [0.25, 0.3) is 0 Å². The molecule has 0 aliphatic heterocycles. The smallest absolute Gasteiger partial charge is 0.408 e. The van der Waals surface area contributed by atoms with E-state index in [4.69, 9.17) is 21.2 Å². The van der Waals surface area contributed by atoms with Crippen LogP contribution < -0.4 is 16.8 Å². The summed E-state index contributed by atoms with van der Waals surface area (Å²) in [5.41, 5.74) is 11.3. The summed E-state index contributed by atoms with van der Waals surface area (Å²) >= 11 is 0. The van der Waals surface area contributed by atoms with Crippen LogP contribution in [0.25, 0.3) is 0 Å². The fourth-order valence-corrected chi connectivity index (χ4v) is 2.90. The van der Waals surface area contributed by atoms with Gasteiger partial charge in [0, 0.05) is 0 Å². The van der Waals surface area contributed by atoms with Crippen LogP contribution in [0.15, 0.2) is 22.1 Å². The SMILES string of the molecule is CC/C=C\C(N=C(N)[C@@H](NC(=O)OC(C)(C)C)C(C)C)[C@@H](C)[C@@H](C)[C@H](C)/N=C\N. The number of ether oxygens (including phenoxy) is 1. The number of hydrogen-bond acceptors (Lipinski definition) is 4. The normalized spacial score (nSPS) is 18.6. The van der Waals surface area contributed by atoms with Crippen molar-refractivity contribution in [3.8, 4) is 0 Å². The summed E-state index contributed by atoms with van der Waals surface area (Å²) in [6.45, 7) is 17.9. The van der Waals surface area contributed by atoms with E-state index in [1.54, 1.807) is 0 Å². The van der Waals surface area contributed by atoms with Crippen molar-refractivity contribution in [2.45, 2.75) is 92.5 Å². The van der Waals surface area contributed by atoms with Crippen LogP contribution in [-0.4, -0.2) is 42.0 Å². The Morgan fingerprint density at radius 2 is 1.72 bits per heavy atom. The molecular weight excluding hydrogens is 366 g/mol. The molecule has 7 heteroatoms. The Kier molecular flexibility index (Phi) is 11.6. The fourth-order valence-electron chi connectivity index (χ4n) is 2.90. The lowest BCUT2D eigenvalue weighted by atomic mass is 9.84. The molecular formula is C22H43N5O2. The predicted octanol–water partition coefficient (Wildman–Crippen LogP) is 3.88. The van der Waals surface area contributed by atoms with E-state index < -0.39 is 17.7 Å². The van der Waals surface area contributed by atoms with Crippen LogP contribution in [0.2, 0.25) is 0 Å². The molecule has 5 N–H and O–H groups in total. The van der Waals surface area contributed by atoms with Crippen LogP contribution in [0, 0.1) is 17.8 Å². The molecule has 1 amide bonds. The van der Waals surface area contributed by atoms with E-state index in [1.165, 1.54) is 6.34 Å². The molecule has 0 aromatic heterocycles. The van der Waals surface area contributed by atoms with E-state index in [9.17, 15) is 4.79 Å². The van der Waals surface area contributed by atoms with Gasteiger partial charge in [-0.15, -0.1) is 0 Å². The number of nitrogens with two attached hydrogens (primary N) is 2. The fraction of sp³-hybridized carbons (Fsp3) is 0.773. The largest absolute Gasteiger partial charge is 0.444 e. The van der Waals surface area contributed by atoms with Crippen LogP contribution in [0.4, 0.5) is 4.79 Å². The number of aliphatic imine (C=N–C) groups is 2. The molecule has 0 aliphatic carbocycles. The van der Waals surface area contributed by atoms with Gasteiger partial charge in [0.05, 0.1) is 24.5 Å². The van der Waals surface area contributed by atoms with Crippen LogP contribution in [0.1, 0.15) is 68.7 Å². The molecule has 1 unspecified atom stereocenters. The van der Waals surface area contributed by atoms with E-state index in [-0.39, 0.29) is 29.8 Å². The molecule has 0 saturated heterocycles. The van der Waals surface area contributed by atoms with Gasteiger partial charge >= 0.3 is 6.09 Å². The number of amides is 1. The highest BCUT2D eigenvalue weighted by Gasteiger charge is 2.28. The Morgan fingerprint density at radius 1 is 1.14 bits per heavy atom. The standard InChI is InChI=1S/C22H43N5O2/c1-10-11-12-18(16(5)15(4)17(6)25-13-23)26-20(24)19(14(2)3)27-21(28)29-22(7,8)9/h11-19H,10H2,1-9H3,(H2,23,25)(H2,24,26)(H,27,28)/b12-11-/t15-,16+,17+,18?,19+/m1/s1. The van der Waals surface area contributed by atoms with E-state index in [2.05, 4.69) is 43.2 Å². The molecule has 0 spiro atoms. The number of carbonyl (C=O) groups excluding carboxylic acids is 1. The second-order valence-corrected chi connectivity index (χ2v) is 9.01. The summed E-state index contributed by atoms with van der Waals surface area (Å²) in [6.07, 6.45) is 5.93. The minimum absolute atomic E-state index is 0.0653. The lowest BCUT2D eigenvalue weighted by Gasteiger charge is -2.29. The van der Waals surface area contributed by atoms with Gasteiger partial charge < -0.3 is 21.5 Å². The number of alkyl carbamates (subject to hydrolysis) is 1. The number of nitrogens with one attached hydrogen (secondary N) is 1. The molecule has 0 rings (SSSR count). The molecule has 5 atom stereocenters. The maximum Gasteiger partial charge on any atom is 0.408 e. The second-order valence-electron chi connectivity index (χ2n) is 9.01. The van der Waals surface area contributed by atoms with Gasteiger partial charge in [-0.25, -0.2) is 4.79 Å². The first kappa shape index (κ1) is 27.0. The van der Waals surface area contributed by atoms with Gasteiger partial charge in [0.1, 0.15) is 11.4 Å². The summed E-state index contributed by atoms with van der Waals surface area (Å²) in [6, 6.07) is -0.462. The third kappa shape index (κ3) is 10.3. The average Bonchev–Trinajstić information content (AvgIpc) is 2.60. The molecule has 0 bridgehead atoms. The molecule has 0 saturated carbocycles. The van der Waals surface area contributed by atoms with Gasteiger partial charge in [-0.2, -0.15) is 0 Å². The first-order chi connectivity index (χ1) is 13.3. The minimum Gasteiger partial charge on any atom is -0.444 e. The third-order valence-corrected chi connectivity index (χ3v) is 4.97. The van der Waals surface area contributed by atoms with Crippen molar-refractivity contribution in [1.82, 2.24) is 5.32 Å². The van der Waals surface area contributed by atoms with Crippen molar-refractivity contribution in [3.63, 3.8) is 0 Å². The molecule has 0 aromatic rings. The average molecular weight is 410 g/mol. The van der Waals surface area contributed by atoms with Crippen LogP contribution in [0.3, 0.4) is 0 Å². The van der Waals surface area contributed by atoms with Gasteiger partial charge in [-0.05, 0) is 51.9 Å². The number of carbonyl (C=O) groups is 1. The highest BCUT2D eigenvalue weighted by atomic mass is 16.6. The second kappa shape index (κ2) is 12.5. The summed E-state index contributed by atoms with van der Waals surface area (Å²) in [5.74, 6) is 0.889. The summed E-state index contributed by atoms with van der Waals surface area (Å²) in [4.78, 5) is 21.4.